The van der Waals surface area contributed by atoms with Crippen LogP contribution in [0, 0.1) is 11.7 Å². The standard InChI is InChI=1S/C16H21FN2O2/c1-12(20)19-7-5-13(6-8-19)11-18-16(21)10-14-3-2-4-15(17)9-14/h2-4,9,13H,5-8,10-11H2,1H3,(H,18,21). The predicted octanol–water partition coefficient (Wildman–Crippen LogP) is 1.74. The summed E-state index contributed by atoms with van der Waals surface area (Å²) in [5.41, 5.74) is 0.680. The third-order valence-corrected chi connectivity index (χ3v) is 3.90. The molecule has 0 unspecified atom stereocenters. The first-order chi connectivity index (χ1) is 10.0. The van der Waals surface area contributed by atoms with E-state index in [4.69, 9.17) is 0 Å². The molecule has 0 atom stereocenters. The lowest BCUT2D eigenvalue weighted by Crippen LogP contribution is -2.40. The molecule has 0 spiro atoms. The summed E-state index contributed by atoms with van der Waals surface area (Å²) in [4.78, 5) is 24.9. The predicted molar refractivity (Wildman–Crippen MR) is 78.1 cm³/mol. The molecule has 1 aliphatic rings. The largest absolute Gasteiger partial charge is 0.356 e. The summed E-state index contributed by atoms with van der Waals surface area (Å²) in [5, 5.41) is 2.90. The van der Waals surface area contributed by atoms with E-state index in [1.807, 2.05) is 4.90 Å². The first kappa shape index (κ1) is 15.5. The molecule has 2 rings (SSSR count). The number of piperidine rings is 1. The lowest BCUT2D eigenvalue weighted by atomic mass is 9.96. The molecule has 21 heavy (non-hydrogen) atoms. The van der Waals surface area contributed by atoms with Gasteiger partial charge in [-0.3, -0.25) is 9.59 Å². The van der Waals surface area contributed by atoms with Crippen molar-refractivity contribution in [3.8, 4) is 0 Å². The van der Waals surface area contributed by atoms with Crippen molar-refractivity contribution in [2.45, 2.75) is 26.2 Å². The van der Waals surface area contributed by atoms with E-state index in [1.165, 1.54) is 12.1 Å². The summed E-state index contributed by atoms with van der Waals surface area (Å²) < 4.78 is 13.0. The summed E-state index contributed by atoms with van der Waals surface area (Å²) in [6, 6.07) is 6.10. The highest BCUT2D eigenvalue weighted by molar-refractivity contribution is 5.78. The number of benzene rings is 1. The van der Waals surface area contributed by atoms with E-state index in [2.05, 4.69) is 5.32 Å². The molecule has 1 saturated heterocycles. The Morgan fingerprint density at radius 2 is 2.05 bits per heavy atom. The zero-order valence-electron chi connectivity index (χ0n) is 12.3. The Morgan fingerprint density at radius 1 is 1.33 bits per heavy atom. The number of rotatable bonds is 4. The summed E-state index contributed by atoms with van der Waals surface area (Å²) in [5.74, 6) is 0.118. The lowest BCUT2D eigenvalue weighted by Gasteiger charge is -2.31. The smallest absolute Gasteiger partial charge is 0.224 e. The summed E-state index contributed by atoms with van der Waals surface area (Å²) in [7, 11) is 0. The molecule has 1 heterocycles. The monoisotopic (exact) mass is 292 g/mol. The van der Waals surface area contributed by atoms with Gasteiger partial charge in [0.25, 0.3) is 0 Å². The van der Waals surface area contributed by atoms with Gasteiger partial charge in [0.05, 0.1) is 6.42 Å². The maximum atomic E-state index is 13.0. The maximum absolute atomic E-state index is 13.0. The summed E-state index contributed by atoms with van der Waals surface area (Å²) in [6.45, 7) is 3.74. The van der Waals surface area contributed by atoms with Gasteiger partial charge in [0.2, 0.25) is 11.8 Å². The number of likely N-dealkylation sites (tertiary alicyclic amines) is 1. The zero-order valence-corrected chi connectivity index (χ0v) is 12.3. The first-order valence-corrected chi connectivity index (χ1v) is 7.31. The number of amides is 2. The van der Waals surface area contributed by atoms with Crippen molar-refractivity contribution in [3.63, 3.8) is 0 Å². The lowest BCUT2D eigenvalue weighted by molar-refractivity contribution is -0.130. The zero-order chi connectivity index (χ0) is 15.2. The minimum atomic E-state index is -0.322. The van der Waals surface area contributed by atoms with Crippen LogP contribution in [-0.2, 0) is 16.0 Å². The van der Waals surface area contributed by atoms with Gasteiger partial charge in [-0.15, -0.1) is 0 Å². The molecule has 2 amide bonds. The number of carbonyl (C=O) groups is 2. The number of halogens is 1. The number of hydrogen-bond donors (Lipinski definition) is 1. The molecule has 0 saturated carbocycles. The first-order valence-electron chi connectivity index (χ1n) is 7.31. The van der Waals surface area contributed by atoms with Crippen LogP contribution in [0.5, 0.6) is 0 Å². The Morgan fingerprint density at radius 3 is 2.67 bits per heavy atom. The minimum absolute atomic E-state index is 0.0883. The van der Waals surface area contributed by atoms with Crippen LogP contribution in [0.25, 0.3) is 0 Å². The van der Waals surface area contributed by atoms with E-state index in [1.54, 1.807) is 19.1 Å². The van der Waals surface area contributed by atoms with Gasteiger partial charge >= 0.3 is 0 Å². The van der Waals surface area contributed by atoms with E-state index in [0.29, 0.717) is 18.0 Å². The van der Waals surface area contributed by atoms with Gasteiger partial charge in [0.1, 0.15) is 5.82 Å². The third kappa shape index (κ3) is 4.85. The molecule has 0 aromatic heterocycles. The molecule has 5 heteroatoms. The highest BCUT2D eigenvalue weighted by atomic mass is 19.1. The Balaban J connectivity index is 1.71. The average Bonchev–Trinajstić information content (AvgIpc) is 2.45. The third-order valence-electron chi connectivity index (χ3n) is 3.90. The highest BCUT2D eigenvalue weighted by Crippen LogP contribution is 2.16. The van der Waals surface area contributed by atoms with Crippen LogP contribution in [0.2, 0.25) is 0 Å². The van der Waals surface area contributed by atoms with E-state index in [0.717, 1.165) is 25.9 Å². The normalized spacial score (nSPS) is 15.8. The van der Waals surface area contributed by atoms with Gasteiger partial charge in [-0.25, -0.2) is 4.39 Å². The summed E-state index contributed by atoms with van der Waals surface area (Å²) >= 11 is 0. The van der Waals surface area contributed by atoms with Crippen LogP contribution in [-0.4, -0.2) is 36.3 Å². The van der Waals surface area contributed by atoms with E-state index < -0.39 is 0 Å². The van der Waals surface area contributed by atoms with Crippen molar-refractivity contribution in [2.75, 3.05) is 19.6 Å². The van der Waals surface area contributed by atoms with Crippen molar-refractivity contribution in [1.29, 1.82) is 0 Å². The Labute approximate surface area is 124 Å². The van der Waals surface area contributed by atoms with Gasteiger partial charge in [-0.1, -0.05) is 12.1 Å². The number of carbonyl (C=O) groups excluding carboxylic acids is 2. The molecule has 0 aliphatic carbocycles. The number of nitrogens with one attached hydrogen (secondary N) is 1. The number of nitrogens with zero attached hydrogens (tertiary/aromatic N) is 1. The van der Waals surface area contributed by atoms with Crippen LogP contribution in [0.15, 0.2) is 24.3 Å². The fourth-order valence-corrected chi connectivity index (χ4v) is 2.60. The molecular formula is C16H21FN2O2. The fraction of sp³-hybridized carbons (Fsp3) is 0.500. The van der Waals surface area contributed by atoms with E-state index in [-0.39, 0.29) is 24.1 Å². The van der Waals surface area contributed by atoms with Crippen LogP contribution < -0.4 is 5.32 Å². The van der Waals surface area contributed by atoms with Crippen molar-refractivity contribution in [1.82, 2.24) is 10.2 Å². The van der Waals surface area contributed by atoms with Gasteiger partial charge in [-0.2, -0.15) is 0 Å². The molecule has 114 valence electrons. The molecule has 0 bridgehead atoms. The van der Waals surface area contributed by atoms with Crippen molar-refractivity contribution < 1.29 is 14.0 Å². The highest BCUT2D eigenvalue weighted by Gasteiger charge is 2.20. The molecule has 1 aromatic carbocycles. The van der Waals surface area contributed by atoms with Crippen LogP contribution in [0.3, 0.4) is 0 Å². The summed E-state index contributed by atoms with van der Waals surface area (Å²) in [6.07, 6.45) is 2.03. The van der Waals surface area contributed by atoms with Crippen molar-refractivity contribution in [2.24, 2.45) is 5.92 Å². The van der Waals surface area contributed by atoms with Crippen LogP contribution in [0.1, 0.15) is 25.3 Å². The van der Waals surface area contributed by atoms with Gasteiger partial charge in [-0.05, 0) is 36.5 Å². The quantitative estimate of drug-likeness (QED) is 0.919. The molecule has 1 fully saturated rings. The minimum Gasteiger partial charge on any atom is -0.356 e. The van der Waals surface area contributed by atoms with E-state index in [9.17, 15) is 14.0 Å². The Bertz CT molecular complexity index is 511. The number of hydrogen-bond acceptors (Lipinski definition) is 2. The van der Waals surface area contributed by atoms with Crippen molar-refractivity contribution >= 4 is 11.8 Å². The molecule has 1 aromatic rings. The van der Waals surface area contributed by atoms with Crippen molar-refractivity contribution in [3.05, 3.63) is 35.6 Å². The van der Waals surface area contributed by atoms with E-state index >= 15 is 0 Å². The van der Waals surface area contributed by atoms with Crippen LogP contribution >= 0.6 is 0 Å². The van der Waals surface area contributed by atoms with Gasteiger partial charge in [0.15, 0.2) is 0 Å². The molecule has 0 radical (unpaired) electrons. The SMILES string of the molecule is CC(=O)N1CCC(CNC(=O)Cc2cccc(F)c2)CC1. The Hall–Kier alpha value is -1.91. The second kappa shape index (κ2) is 7.20. The second-order valence-electron chi connectivity index (χ2n) is 5.56. The molecule has 1 aliphatic heterocycles. The Kier molecular flexibility index (Phi) is 5.31. The van der Waals surface area contributed by atoms with Crippen LogP contribution in [0.4, 0.5) is 4.39 Å². The molecule has 4 nitrogen and oxygen atoms in total. The molecule has 1 N–H and O–H groups in total. The van der Waals surface area contributed by atoms with Gasteiger partial charge < -0.3 is 10.2 Å². The van der Waals surface area contributed by atoms with Gasteiger partial charge in [0, 0.05) is 26.6 Å². The average molecular weight is 292 g/mol. The topological polar surface area (TPSA) is 49.4 Å². The molecular weight excluding hydrogens is 271 g/mol. The fourth-order valence-electron chi connectivity index (χ4n) is 2.60. The second-order valence-corrected chi connectivity index (χ2v) is 5.56. The maximum Gasteiger partial charge on any atom is 0.224 e.